The number of rotatable bonds is 1. The van der Waals surface area contributed by atoms with Crippen molar-refractivity contribution in [2.75, 3.05) is 5.75 Å². The Balaban J connectivity index is 2.24. The molecule has 0 saturated carbocycles. The molecule has 25 heavy (non-hydrogen) atoms. The zero-order valence-corrected chi connectivity index (χ0v) is 14.8. The number of alkyl halides is 3. The molecule has 2 aromatic rings. The number of thioether (sulfide) groups is 1. The van der Waals surface area contributed by atoms with Crippen molar-refractivity contribution < 1.29 is 13.2 Å². The Hall–Kier alpha value is -1.96. The van der Waals surface area contributed by atoms with Crippen LogP contribution >= 0.6 is 11.8 Å². The van der Waals surface area contributed by atoms with E-state index in [9.17, 15) is 22.8 Å². The average Bonchev–Trinajstić information content (AvgIpc) is 2.50. The van der Waals surface area contributed by atoms with Gasteiger partial charge in [0.2, 0.25) is 0 Å². The third kappa shape index (κ3) is 3.03. The largest absolute Gasteiger partial charge is 0.431 e. The molecule has 1 aliphatic rings. The van der Waals surface area contributed by atoms with E-state index in [1.54, 1.807) is 23.9 Å². The zero-order valence-electron chi connectivity index (χ0n) is 14.0. The Morgan fingerprint density at radius 2 is 1.84 bits per heavy atom. The van der Waals surface area contributed by atoms with E-state index >= 15 is 0 Å². The van der Waals surface area contributed by atoms with Crippen LogP contribution < -0.4 is 11.2 Å². The molecule has 0 N–H and O–H groups in total. The predicted molar refractivity (Wildman–Crippen MR) is 90.6 cm³/mol. The first kappa shape index (κ1) is 17.8. The molecule has 2 heterocycles. The lowest BCUT2D eigenvalue weighted by Gasteiger charge is -2.32. The summed E-state index contributed by atoms with van der Waals surface area (Å²) in [5, 5.41) is 0. The number of aromatic nitrogens is 2. The van der Waals surface area contributed by atoms with Crippen molar-refractivity contribution in [2.24, 2.45) is 7.05 Å². The molecule has 0 amide bonds. The average molecular weight is 370 g/mol. The summed E-state index contributed by atoms with van der Waals surface area (Å²) >= 11 is 1.69. The summed E-state index contributed by atoms with van der Waals surface area (Å²) < 4.78 is 40.1. The van der Waals surface area contributed by atoms with Gasteiger partial charge in [-0.05, 0) is 41.4 Å². The quantitative estimate of drug-likeness (QED) is 0.774. The highest BCUT2D eigenvalue weighted by molar-refractivity contribution is 7.99. The summed E-state index contributed by atoms with van der Waals surface area (Å²) in [6.07, 6.45) is -3.82. The lowest BCUT2D eigenvalue weighted by molar-refractivity contribution is -0.144. The summed E-state index contributed by atoms with van der Waals surface area (Å²) in [6, 6.07) is 5.61. The van der Waals surface area contributed by atoms with E-state index in [-0.39, 0.29) is 11.1 Å². The van der Waals surface area contributed by atoms with E-state index in [1.807, 2.05) is 6.07 Å². The fourth-order valence-corrected chi connectivity index (χ4v) is 4.49. The molecule has 4 nitrogen and oxygen atoms in total. The molecule has 0 aliphatic carbocycles. The second kappa shape index (κ2) is 5.79. The monoisotopic (exact) mass is 370 g/mol. The second-order valence-electron chi connectivity index (χ2n) is 6.71. The SMILES string of the molecule is Cn1c(C(F)(F)F)cc(=O)n(-c2ccc3c(c2)C(C)(C)CCS3)c1=O. The van der Waals surface area contributed by atoms with E-state index in [1.165, 1.54) is 0 Å². The Bertz CT molecular complexity index is 958. The Kier molecular flexibility index (Phi) is 4.14. The molecule has 0 fully saturated rings. The number of benzene rings is 1. The zero-order chi connectivity index (χ0) is 18.6. The van der Waals surface area contributed by atoms with Gasteiger partial charge < -0.3 is 0 Å². The maximum Gasteiger partial charge on any atom is 0.431 e. The Morgan fingerprint density at radius 3 is 2.48 bits per heavy atom. The molecule has 3 rings (SSSR count). The van der Waals surface area contributed by atoms with Gasteiger partial charge in [-0.15, -0.1) is 11.8 Å². The molecule has 1 aromatic carbocycles. The minimum Gasteiger partial charge on any atom is -0.292 e. The van der Waals surface area contributed by atoms with Crippen molar-refractivity contribution >= 4 is 11.8 Å². The number of hydrogen-bond acceptors (Lipinski definition) is 3. The van der Waals surface area contributed by atoms with Gasteiger partial charge in [0.05, 0.1) is 5.69 Å². The highest BCUT2D eigenvalue weighted by Gasteiger charge is 2.35. The van der Waals surface area contributed by atoms with Crippen molar-refractivity contribution in [1.82, 2.24) is 9.13 Å². The van der Waals surface area contributed by atoms with E-state index in [0.717, 1.165) is 34.2 Å². The molecular formula is C17H17F3N2O2S. The molecule has 0 spiro atoms. The summed E-state index contributed by atoms with van der Waals surface area (Å²) in [4.78, 5) is 25.7. The van der Waals surface area contributed by atoms with Crippen molar-refractivity contribution in [2.45, 2.75) is 36.8 Å². The molecule has 0 saturated heterocycles. The lowest BCUT2D eigenvalue weighted by atomic mass is 9.81. The molecule has 134 valence electrons. The van der Waals surface area contributed by atoms with Crippen LogP contribution in [0.15, 0.2) is 38.8 Å². The minimum atomic E-state index is -4.76. The fourth-order valence-electron chi connectivity index (χ4n) is 3.00. The van der Waals surface area contributed by atoms with Crippen LogP contribution in [0.3, 0.4) is 0 Å². The highest BCUT2D eigenvalue weighted by Crippen LogP contribution is 2.42. The molecule has 0 radical (unpaired) electrons. The number of hydrogen-bond donors (Lipinski definition) is 0. The van der Waals surface area contributed by atoms with Gasteiger partial charge in [-0.2, -0.15) is 13.2 Å². The molecule has 1 aromatic heterocycles. The van der Waals surface area contributed by atoms with Crippen LogP contribution in [-0.2, 0) is 18.6 Å². The third-order valence-corrected chi connectivity index (χ3v) is 5.62. The maximum atomic E-state index is 13.0. The number of halogens is 3. The lowest BCUT2D eigenvalue weighted by Crippen LogP contribution is -2.40. The van der Waals surface area contributed by atoms with Gasteiger partial charge in [-0.25, -0.2) is 9.36 Å². The predicted octanol–water partition coefficient (Wildman–Crippen LogP) is 3.33. The first-order valence-electron chi connectivity index (χ1n) is 7.70. The van der Waals surface area contributed by atoms with Crippen LogP contribution in [-0.4, -0.2) is 14.9 Å². The normalized spacial score (nSPS) is 16.6. The topological polar surface area (TPSA) is 44.0 Å². The van der Waals surface area contributed by atoms with Crippen LogP contribution in [0, 0.1) is 0 Å². The standard InChI is InChI=1S/C17H17F3N2O2S/c1-16(2)6-7-25-12-5-4-10(8-11(12)16)22-14(23)9-13(17(18,19)20)21(3)15(22)24/h4-5,8-9H,6-7H2,1-3H3. The summed E-state index contributed by atoms with van der Waals surface area (Å²) in [7, 11) is 1.01. The second-order valence-corrected chi connectivity index (χ2v) is 7.84. The summed E-state index contributed by atoms with van der Waals surface area (Å²) in [6.45, 7) is 4.14. The fraction of sp³-hybridized carbons (Fsp3) is 0.412. The van der Waals surface area contributed by atoms with Crippen LogP contribution in [0.5, 0.6) is 0 Å². The smallest absolute Gasteiger partial charge is 0.292 e. The van der Waals surface area contributed by atoms with E-state index in [2.05, 4.69) is 13.8 Å². The molecule has 0 unspecified atom stereocenters. The van der Waals surface area contributed by atoms with Crippen molar-refractivity contribution in [3.05, 3.63) is 56.4 Å². The van der Waals surface area contributed by atoms with Crippen LogP contribution in [0.4, 0.5) is 13.2 Å². The third-order valence-electron chi connectivity index (χ3n) is 4.55. The maximum absolute atomic E-state index is 13.0. The van der Waals surface area contributed by atoms with Crippen LogP contribution in [0.1, 0.15) is 31.5 Å². The Morgan fingerprint density at radius 1 is 1.16 bits per heavy atom. The van der Waals surface area contributed by atoms with E-state index in [0.29, 0.717) is 10.6 Å². The van der Waals surface area contributed by atoms with Gasteiger partial charge in [-0.1, -0.05) is 13.8 Å². The van der Waals surface area contributed by atoms with Gasteiger partial charge >= 0.3 is 11.9 Å². The van der Waals surface area contributed by atoms with Gasteiger partial charge in [0, 0.05) is 18.0 Å². The van der Waals surface area contributed by atoms with E-state index in [4.69, 9.17) is 0 Å². The van der Waals surface area contributed by atoms with E-state index < -0.39 is 23.1 Å². The highest BCUT2D eigenvalue weighted by atomic mass is 32.2. The molecule has 8 heteroatoms. The minimum absolute atomic E-state index is 0.128. The Labute approximate surface area is 146 Å². The molecule has 1 aliphatic heterocycles. The first-order chi connectivity index (χ1) is 11.5. The summed E-state index contributed by atoms with van der Waals surface area (Å²) in [5.74, 6) is 0.974. The van der Waals surface area contributed by atoms with Gasteiger partial charge in [0.25, 0.3) is 5.56 Å². The molecule has 0 atom stereocenters. The number of nitrogens with zero attached hydrogens (tertiary/aromatic N) is 2. The molecule has 0 bridgehead atoms. The van der Waals surface area contributed by atoms with Crippen LogP contribution in [0.25, 0.3) is 5.69 Å². The summed E-state index contributed by atoms with van der Waals surface area (Å²) in [5.41, 5.74) is -2.11. The van der Waals surface area contributed by atoms with Crippen LogP contribution in [0.2, 0.25) is 0 Å². The van der Waals surface area contributed by atoms with Crippen molar-refractivity contribution in [3.8, 4) is 5.69 Å². The number of fused-ring (bicyclic) bond motifs is 1. The molecular weight excluding hydrogens is 353 g/mol. The van der Waals surface area contributed by atoms with Gasteiger partial charge in [-0.3, -0.25) is 9.36 Å². The van der Waals surface area contributed by atoms with Crippen molar-refractivity contribution in [1.29, 1.82) is 0 Å². The van der Waals surface area contributed by atoms with Crippen molar-refractivity contribution in [3.63, 3.8) is 0 Å². The van der Waals surface area contributed by atoms with Gasteiger partial charge in [0.1, 0.15) is 5.69 Å². The van der Waals surface area contributed by atoms with Gasteiger partial charge in [0.15, 0.2) is 0 Å². The first-order valence-corrected chi connectivity index (χ1v) is 8.69.